The summed E-state index contributed by atoms with van der Waals surface area (Å²) in [4.78, 5) is 16.4. The lowest BCUT2D eigenvalue weighted by Crippen LogP contribution is -1.94. The van der Waals surface area contributed by atoms with Crippen LogP contribution in [0, 0.1) is 5.82 Å². The van der Waals surface area contributed by atoms with E-state index in [-0.39, 0.29) is 5.78 Å². The normalized spacial score (nSPS) is 11.0. The number of carbonyl (C=O) groups excluding carboxylic acids is 1. The molecule has 0 saturated carbocycles. The molecule has 2 nitrogen and oxygen atoms in total. The maximum absolute atomic E-state index is 13.1. The van der Waals surface area contributed by atoms with Crippen molar-refractivity contribution < 1.29 is 9.18 Å². The van der Waals surface area contributed by atoms with Crippen molar-refractivity contribution >= 4 is 23.2 Å². The third-order valence-electron chi connectivity index (χ3n) is 3.08. The van der Waals surface area contributed by atoms with Gasteiger partial charge in [-0.3, -0.25) is 4.79 Å². The van der Waals surface area contributed by atoms with Crippen molar-refractivity contribution in [2.45, 2.75) is 0 Å². The fourth-order valence-electron chi connectivity index (χ4n) is 1.99. The van der Waals surface area contributed by atoms with E-state index in [1.807, 2.05) is 35.7 Å². The third-order valence-corrected chi connectivity index (χ3v) is 3.89. The van der Waals surface area contributed by atoms with Gasteiger partial charge in [0.1, 0.15) is 10.8 Å². The SMILES string of the molecule is O=C(/C=C/c1nc(-c2ccccc2)cs1)c1cccc(F)c1. The molecule has 3 rings (SSSR count). The number of nitrogens with zero attached hydrogens (tertiary/aromatic N) is 1. The lowest BCUT2D eigenvalue weighted by Gasteiger charge is -1.95. The van der Waals surface area contributed by atoms with Crippen LogP contribution in [0.2, 0.25) is 0 Å². The Labute approximate surface area is 131 Å². The minimum Gasteiger partial charge on any atom is -0.289 e. The highest BCUT2D eigenvalue weighted by Gasteiger charge is 2.05. The molecule has 0 aliphatic carbocycles. The van der Waals surface area contributed by atoms with Crippen LogP contribution in [-0.4, -0.2) is 10.8 Å². The van der Waals surface area contributed by atoms with E-state index in [1.165, 1.54) is 35.6 Å². The Kier molecular flexibility index (Phi) is 4.21. The Hall–Kier alpha value is -2.59. The molecular weight excluding hydrogens is 297 g/mol. The van der Waals surface area contributed by atoms with Gasteiger partial charge in [0.15, 0.2) is 5.78 Å². The average Bonchev–Trinajstić information content (AvgIpc) is 3.02. The van der Waals surface area contributed by atoms with Gasteiger partial charge >= 0.3 is 0 Å². The van der Waals surface area contributed by atoms with Gasteiger partial charge in [-0.25, -0.2) is 9.37 Å². The molecule has 108 valence electrons. The first-order chi connectivity index (χ1) is 10.7. The van der Waals surface area contributed by atoms with Crippen LogP contribution >= 0.6 is 11.3 Å². The molecular formula is C18H12FNOS. The van der Waals surface area contributed by atoms with Gasteiger partial charge in [0, 0.05) is 16.5 Å². The number of ketones is 1. The Balaban J connectivity index is 1.76. The molecule has 1 heterocycles. The van der Waals surface area contributed by atoms with Gasteiger partial charge in [0.25, 0.3) is 0 Å². The van der Waals surface area contributed by atoms with Crippen LogP contribution in [0.3, 0.4) is 0 Å². The topological polar surface area (TPSA) is 30.0 Å². The van der Waals surface area contributed by atoms with Crippen LogP contribution < -0.4 is 0 Å². The Morgan fingerprint density at radius 3 is 2.68 bits per heavy atom. The van der Waals surface area contributed by atoms with E-state index in [4.69, 9.17) is 0 Å². The predicted molar refractivity (Wildman–Crippen MR) is 87.3 cm³/mol. The van der Waals surface area contributed by atoms with Crippen LogP contribution in [0.5, 0.6) is 0 Å². The number of carbonyl (C=O) groups is 1. The van der Waals surface area contributed by atoms with Crippen LogP contribution in [0.4, 0.5) is 4.39 Å². The summed E-state index contributed by atoms with van der Waals surface area (Å²) in [5, 5.41) is 2.69. The van der Waals surface area contributed by atoms with Crippen molar-refractivity contribution in [1.29, 1.82) is 0 Å². The molecule has 0 N–H and O–H groups in total. The summed E-state index contributed by atoms with van der Waals surface area (Å²) in [5.74, 6) is -0.657. The molecule has 0 unspecified atom stereocenters. The molecule has 0 bridgehead atoms. The monoisotopic (exact) mass is 309 g/mol. The minimum absolute atomic E-state index is 0.240. The summed E-state index contributed by atoms with van der Waals surface area (Å²) < 4.78 is 13.1. The van der Waals surface area contributed by atoms with Crippen molar-refractivity contribution in [3.05, 3.63) is 82.4 Å². The van der Waals surface area contributed by atoms with E-state index in [2.05, 4.69) is 4.98 Å². The van der Waals surface area contributed by atoms with Crippen LogP contribution in [-0.2, 0) is 0 Å². The fourth-order valence-corrected chi connectivity index (χ4v) is 2.71. The summed E-state index contributed by atoms with van der Waals surface area (Å²) in [7, 11) is 0. The molecule has 2 aromatic carbocycles. The third kappa shape index (κ3) is 3.35. The van der Waals surface area contributed by atoms with E-state index in [0.717, 1.165) is 16.3 Å². The van der Waals surface area contributed by atoms with Crippen molar-refractivity contribution in [2.75, 3.05) is 0 Å². The van der Waals surface area contributed by atoms with Gasteiger partial charge in [-0.2, -0.15) is 0 Å². The second kappa shape index (κ2) is 6.45. The number of hydrogen-bond acceptors (Lipinski definition) is 3. The van der Waals surface area contributed by atoms with Gasteiger partial charge in [-0.05, 0) is 24.3 Å². The predicted octanol–water partition coefficient (Wildman–Crippen LogP) is 4.85. The molecule has 4 heteroatoms. The van der Waals surface area contributed by atoms with E-state index < -0.39 is 5.82 Å². The summed E-state index contributed by atoms with van der Waals surface area (Å²) in [6.07, 6.45) is 3.08. The molecule has 0 fully saturated rings. The molecule has 1 aromatic heterocycles. The van der Waals surface area contributed by atoms with E-state index in [0.29, 0.717) is 5.56 Å². The standard InChI is InChI=1S/C18H12FNOS/c19-15-8-4-7-14(11-15)17(21)9-10-18-20-16(12-22-18)13-5-2-1-3-6-13/h1-12H/b10-9+. The number of aromatic nitrogens is 1. The summed E-state index contributed by atoms with van der Waals surface area (Å²) >= 11 is 1.46. The molecule has 0 atom stereocenters. The maximum Gasteiger partial charge on any atom is 0.186 e. The summed E-state index contributed by atoms with van der Waals surface area (Å²) in [6, 6.07) is 15.5. The molecule has 3 aromatic rings. The van der Waals surface area contributed by atoms with E-state index in [9.17, 15) is 9.18 Å². The quantitative estimate of drug-likeness (QED) is 0.509. The first kappa shape index (κ1) is 14.4. The van der Waals surface area contributed by atoms with Crippen LogP contribution in [0.15, 0.2) is 66.1 Å². The van der Waals surface area contributed by atoms with Gasteiger partial charge < -0.3 is 0 Å². The van der Waals surface area contributed by atoms with Crippen LogP contribution in [0.1, 0.15) is 15.4 Å². The van der Waals surface area contributed by atoms with Crippen molar-refractivity contribution in [3.8, 4) is 11.3 Å². The zero-order chi connectivity index (χ0) is 15.4. The summed E-state index contributed by atoms with van der Waals surface area (Å²) in [6.45, 7) is 0. The van der Waals surface area contributed by atoms with Gasteiger partial charge in [0.2, 0.25) is 0 Å². The fraction of sp³-hybridized carbons (Fsp3) is 0. The highest BCUT2D eigenvalue weighted by Crippen LogP contribution is 2.22. The highest BCUT2D eigenvalue weighted by molar-refractivity contribution is 7.10. The van der Waals surface area contributed by atoms with Gasteiger partial charge in [0.05, 0.1) is 5.69 Å². The number of thiazole rings is 1. The van der Waals surface area contributed by atoms with E-state index in [1.54, 1.807) is 12.1 Å². The van der Waals surface area contributed by atoms with Crippen molar-refractivity contribution in [3.63, 3.8) is 0 Å². The number of benzene rings is 2. The second-order valence-electron chi connectivity index (χ2n) is 4.64. The number of allylic oxidation sites excluding steroid dienone is 1. The largest absolute Gasteiger partial charge is 0.289 e. The molecule has 0 aliphatic heterocycles. The Bertz CT molecular complexity index is 824. The molecule has 0 aliphatic rings. The molecule has 0 spiro atoms. The van der Waals surface area contributed by atoms with Crippen molar-refractivity contribution in [2.24, 2.45) is 0 Å². The molecule has 0 saturated heterocycles. The average molecular weight is 309 g/mol. The van der Waals surface area contributed by atoms with Crippen LogP contribution in [0.25, 0.3) is 17.3 Å². The number of rotatable bonds is 4. The Morgan fingerprint density at radius 1 is 1.09 bits per heavy atom. The maximum atomic E-state index is 13.1. The smallest absolute Gasteiger partial charge is 0.186 e. The number of hydrogen-bond donors (Lipinski definition) is 0. The van der Waals surface area contributed by atoms with E-state index >= 15 is 0 Å². The first-order valence-electron chi connectivity index (χ1n) is 6.71. The van der Waals surface area contributed by atoms with Crippen molar-refractivity contribution in [1.82, 2.24) is 4.98 Å². The van der Waals surface area contributed by atoms with Gasteiger partial charge in [-0.1, -0.05) is 42.5 Å². The number of halogens is 1. The first-order valence-corrected chi connectivity index (χ1v) is 7.59. The Morgan fingerprint density at radius 2 is 1.91 bits per heavy atom. The highest BCUT2D eigenvalue weighted by atomic mass is 32.1. The summed E-state index contributed by atoms with van der Waals surface area (Å²) in [5.41, 5.74) is 2.24. The van der Waals surface area contributed by atoms with Gasteiger partial charge in [-0.15, -0.1) is 11.3 Å². The molecule has 22 heavy (non-hydrogen) atoms. The molecule has 0 amide bonds. The zero-order valence-electron chi connectivity index (χ0n) is 11.6. The zero-order valence-corrected chi connectivity index (χ0v) is 12.4. The lowest BCUT2D eigenvalue weighted by atomic mass is 10.1. The molecule has 0 radical (unpaired) electrons. The minimum atomic E-state index is -0.417. The second-order valence-corrected chi connectivity index (χ2v) is 5.53. The lowest BCUT2D eigenvalue weighted by molar-refractivity contribution is 0.104.